The van der Waals surface area contributed by atoms with Crippen molar-refractivity contribution < 1.29 is 19.5 Å². The normalized spacial score (nSPS) is 17.7. The monoisotopic (exact) mass is 692 g/mol. The highest BCUT2D eigenvalue weighted by Gasteiger charge is 2.51. The van der Waals surface area contributed by atoms with Crippen LogP contribution in [0.1, 0.15) is 28.7 Å². The van der Waals surface area contributed by atoms with Gasteiger partial charge in [0, 0.05) is 50.1 Å². The largest absolute Gasteiger partial charge is 0.508 e. The molecule has 0 unspecified atom stereocenters. The average molecular weight is 693 g/mol. The van der Waals surface area contributed by atoms with Gasteiger partial charge in [0.15, 0.2) is 0 Å². The van der Waals surface area contributed by atoms with Crippen molar-refractivity contribution in [1.82, 2.24) is 24.4 Å². The van der Waals surface area contributed by atoms with Gasteiger partial charge in [0.25, 0.3) is 0 Å². The molecule has 262 valence electrons. The van der Waals surface area contributed by atoms with E-state index in [0.717, 1.165) is 38.7 Å². The van der Waals surface area contributed by atoms with E-state index in [1.807, 2.05) is 61.6 Å². The third kappa shape index (κ3) is 6.66. The van der Waals surface area contributed by atoms with Crippen LogP contribution >= 0.6 is 0 Å². The van der Waals surface area contributed by atoms with Gasteiger partial charge in [0.05, 0.1) is 30.2 Å². The second-order valence-corrected chi connectivity index (χ2v) is 13.4. The Bertz CT molecular complexity index is 2170. The molecule has 7 rings (SSSR count). The molecular formula is C42H40N6O4. The topological polar surface area (TPSA) is 113 Å². The molecule has 1 N–H and O–H groups in total. The van der Waals surface area contributed by atoms with Gasteiger partial charge in [0.1, 0.15) is 18.0 Å². The van der Waals surface area contributed by atoms with Crippen LogP contribution in [0.5, 0.6) is 5.75 Å². The van der Waals surface area contributed by atoms with Crippen LogP contribution in [0.2, 0.25) is 0 Å². The van der Waals surface area contributed by atoms with Gasteiger partial charge in [-0.3, -0.25) is 14.4 Å². The maximum absolute atomic E-state index is 14.6. The van der Waals surface area contributed by atoms with Crippen LogP contribution < -0.4 is 0 Å². The van der Waals surface area contributed by atoms with Gasteiger partial charge in [-0.2, -0.15) is 5.26 Å². The molecule has 52 heavy (non-hydrogen) atoms. The summed E-state index contributed by atoms with van der Waals surface area (Å²) in [5.41, 5.74) is 6.30. The van der Waals surface area contributed by atoms with Crippen molar-refractivity contribution in [2.45, 2.75) is 38.0 Å². The van der Waals surface area contributed by atoms with Crippen LogP contribution in [0.15, 0.2) is 116 Å². The molecule has 0 saturated carbocycles. The van der Waals surface area contributed by atoms with Crippen LogP contribution in [0.3, 0.4) is 0 Å². The molecule has 2 aliphatic heterocycles. The molecule has 3 heterocycles. The van der Waals surface area contributed by atoms with Crippen molar-refractivity contribution in [1.29, 1.82) is 5.26 Å². The molecule has 4 aromatic carbocycles. The first-order valence-corrected chi connectivity index (χ1v) is 17.4. The van der Waals surface area contributed by atoms with Crippen molar-refractivity contribution in [3.8, 4) is 22.9 Å². The molecule has 3 amide bonds. The summed E-state index contributed by atoms with van der Waals surface area (Å²) in [4.78, 5) is 46.2. The Hall–Kier alpha value is -6.18. The Morgan fingerprint density at radius 2 is 1.71 bits per heavy atom. The van der Waals surface area contributed by atoms with Crippen LogP contribution in [0.4, 0.5) is 0 Å². The fourth-order valence-electron chi connectivity index (χ4n) is 7.61. The number of amides is 3. The summed E-state index contributed by atoms with van der Waals surface area (Å²) in [6.07, 6.45) is 4.00. The second kappa shape index (κ2) is 14.6. The van der Waals surface area contributed by atoms with Crippen LogP contribution in [-0.4, -0.2) is 79.1 Å². The van der Waals surface area contributed by atoms with Crippen LogP contribution in [-0.2, 0) is 40.8 Å². The lowest BCUT2D eigenvalue weighted by atomic mass is 9.97. The number of rotatable bonds is 10. The molecule has 5 aromatic rings. The van der Waals surface area contributed by atoms with Gasteiger partial charge in [0.2, 0.25) is 17.7 Å². The third-order valence-corrected chi connectivity index (χ3v) is 10.0. The summed E-state index contributed by atoms with van der Waals surface area (Å²) in [6, 6.07) is 31.3. The van der Waals surface area contributed by atoms with Gasteiger partial charge in [-0.15, -0.1) is 6.58 Å². The van der Waals surface area contributed by atoms with E-state index in [9.17, 15) is 24.8 Å². The first-order chi connectivity index (χ1) is 25.2. The third-order valence-electron chi connectivity index (χ3n) is 10.0. The Labute approximate surface area is 303 Å². The number of phenolic OH excluding ortho intramolecular Hbond substituents is 1. The van der Waals surface area contributed by atoms with Crippen molar-refractivity contribution in [2.75, 3.05) is 19.6 Å². The number of aryl methyl sites for hydroxylation is 2. The lowest BCUT2D eigenvalue weighted by Crippen LogP contribution is -2.75. The molecule has 2 fully saturated rings. The lowest BCUT2D eigenvalue weighted by molar-refractivity contribution is -0.205. The molecule has 10 heteroatoms. The molecule has 0 bridgehead atoms. The van der Waals surface area contributed by atoms with E-state index in [1.54, 1.807) is 62.3 Å². The van der Waals surface area contributed by atoms with Gasteiger partial charge < -0.3 is 19.5 Å². The zero-order chi connectivity index (χ0) is 36.4. The Balaban J connectivity index is 1.26. The van der Waals surface area contributed by atoms with E-state index in [-0.39, 0.29) is 55.9 Å². The number of carbonyl (C=O) groups excluding carboxylic acids is 3. The summed E-state index contributed by atoms with van der Waals surface area (Å²) in [5, 5.41) is 23.7. The fourth-order valence-corrected chi connectivity index (χ4v) is 7.61. The van der Waals surface area contributed by atoms with Crippen LogP contribution in [0.25, 0.3) is 22.0 Å². The number of piperazine rings is 1. The maximum atomic E-state index is 14.6. The number of aromatic nitrogens is 1. The van der Waals surface area contributed by atoms with Crippen molar-refractivity contribution in [2.24, 2.45) is 7.05 Å². The molecule has 2 saturated heterocycles. The van der Waals surface area contributed by atoms with Crippen molar-refractivity contribution in [3.05, 3.63) is 138 Å². The SMILES string of the molecule is C=CCN1CC(=O)N2[C@@H](Cc3ccc(O)cc3)C(=O)N(Cc3cccc4c(-c5ccc(C#N)cc5)cn(C)c34)C[C@@H]2N1C(=O)CCc1ccccc1. The Kier molecular flexibility index (Phi) is 9.61. The molecule has 0 radical (unpaired) electrons. The molecule has 2 atom stereocenters. The minimum absolute atomic E-state index is 0.0558. The number of benzene rings is 4. The minimum Gasteiger partial charge on any atom is -0.508 e. The number of hydrogen-bond acceptors (Lipinski definition) is 6. The molecular weight excluding hydrogens is 653 g/mol. The number of hydrazine groups is 1. The zero-order valence-corrected chi connectivity index (χ0v) is 29.1. The zero-order valence-electron chi connectivity index (χ0n) is 29.1. The number of nitrogens with zero attached hydrogens (tertiary/aromatic N) is 6. The predicted octanol–water partition coefficient (Wildman–Crippen LogP) is 5.41. The Morgan fingerprint density at radius 3 is 2.42 bits per heavy atom. The number of aromatic hydroxyl groups is 1. The highest BCUT2D eigenvalue weighted by Crippen LogP contribution is 2.35. The predicted molar refractivity (Wildman–Crippen MR) is 198 cm³/mol. The minimum atomic E-state index is -0.868. The summed E-state index contributed by atoms with van der Waals surface area (Å²) >= 11 is 0. The van der Waals surface area contributed by atoms with Crippen molar-refractivity contribution in [3.63, 3.8) is 0 Å². The van der Waals surface area contributed by atoms with E-state index in [2.05, 4.69) is 29.5 Å². The first kappa shape index (κ1) is 34.3. The standard InChI is InChI=1S/C42H40N6O4/c1-3-22-46-28-40(51)47-37(23-30-14-19-34(49)20-15-30)42(52)45(27-38(47)48(46)39(50)21-16-29-8-5-4-6-9-29)25-33-10-7-11-35-36(26-44(2)41(33)35)32-17-12-31(24-43)13-18-32/h3-15,17-20,26,37-38,49H,1,16,21-23,25,27-28H2,2H3/t37-,38-/m0/s1. The number of hydrogen-bond donors (Lipinski definition) is 1. The molecule has 10 nitrogen and oxygen atoms in total. The molecule has 0 aliphatic carbocycles. The quantitative estimate of drug-likeness (QED) is 0.196. The smallest absolute Gasteiger partial charge is 0.246 e. The molecule has 2 aliphatic rings. The average Bonchev–Trinajstić information content (AvgIpc) is 3.50. The maximum Gasteiger partial charge on any atom is 0.246 e. The van der Waals surface area contributed by atoms with Gasteiger partial charge in [-0.05, 0) is 52.9 Å². The lowest BCUT2D eigenvalue weighted by Gasteiger charge is -2.55. The Morgan fingerprint density at radius 1 is 0.962 bits per heavy atom. The summed E-state index contributed by atoms with van der Waals surface area (Å²) in [6.45, 7) is 4.53. The highest BCUT2D eigenvalue weighted by molar-refractivity contribution is 5.98. The van der Waals surface area contributed by atoms with Crippen LogP contribution in [0, 0.1) is 11.3 Å². The van der Waals surface area contributed by atoms with E-state index in [1.165, 1.54) is 0 Å². The van der Waals surface area contributed by atoms with Gasteiger partial charge in [-0.25, -0.2) is 10.0 Å². The van der Waals surface area contributed by atoms with Crippen molar-refractivity contribution >= 4 is 28.6 Å². The second-order valence-electron chi connectivity index (χ2n) is 13.4. The number of nitriles is 1. The number of fused-ring (bicyclic) bond motifs is 2. The number of phenols is 1. The highest BCUT2D eigenvalue weighted by atomic mass is 16.3. The summed E-state index contributed by atoms with van der Waals surface area (Å²) in [5.74, 6) is -0.460. The number of carbonyl (C=O) groups is 3. The first-order valence-electron chi connectivity index (χ1n) is 17.4. The van der Waals surface area contributed by atoms with E-state index >= 15 is 0 Å². The summed E-state index contributed by atoms with van der Waals surface area (Å²) in [7, 11) is 1.98. The fraction of sp³-hybridized carbons (Fsp3) is 0.238. The van der Waals surface area contributed by atoms with E-state index < -0.39 is 12.2 Å². The molecule has 0 spiro atoms. The van der Waals surface area contributed by atoms with E-state index in [4.69, 9.17) is 0 Å². The van der Waals surface area contributed by atoms with E-state index in [0.29, 0.717) is 18.5 Å². The number of para-hydroxylation sites is 1. The molecule has 1 aromatic heterocycles. The van der Waals surface area contributed by atoms with Gasteiger partial charge >= 0.3 is 0 Å². The van der Waals surface area contributed by atoms with Gasteiger partial charge in [-0.1, -0.05) is 78.9 Å². The summed E-state index contributed by atoms with van der Waals surface area (Å²) < 4.78 is 2.06.